The molecular weight excluding hydrogens is 244 g/mol. The number of rotatable bonds is 2. The van der Waals surface area contributed by atoms with Gasteiger partial charge in [0.25, 0.3) is 5.91 Å². The number of aryl methyl sites for hydroxylation is 2. The summed E-state index contributed by atoms with van der Waals surface area (Å²) in [6.07, 6.45) is 0. The lowest BCUT2D eigenvalue weighted by atomic mass is 10.4. The lowest BCUT2D eigenvalue weighted by molar-refractivity contribution is 0.0987. The second-order valence-corrected chi connectivity index (χ2v) is 3.83. The number of anilines is 1. The van der Waals surface area contributed by atoms with Gasteiger partial charge in [-0.25, -0.2) is 9.97 Å². The minimum atomic E-state index is -0.465. The van der Waals surface area contributed by atoms with Crippen molar-refractivity contribution in [2.24, 2.45) is 0 Å². The smallest absolute Gasteiger partial charge is 0.296 e. The zero-order chi connectivity index (χ0) is 12.4. The molecule has 0 radical (unpaired) electrons. The molecule has 6 nitrogen and oxygen atoms in total. The Labute approximate surface area is 102 Å². The molecule has 0 aliphatic carbocycles. The van der Waals surface area contributed by atoms with E-state index in [1.54, 1.807) is 19.9 Å². The van der Waals surface area contributed by atoms with Crippen molar-refractivity contribution in [2.75, 3.05) is 5.32 Å². The zero-order valence-electron chi connectivity index (χ0n) is 9.19. The van der Waals surface area contributed by atoms with Crippen molar-refractivity contribution < 1.29 is 9.32 Å². The Morgan fingerprint density at radius 3 is 2.65 bits per heavy atom. The predicted molar refractivity (Wildman–Crippen MR) is 61.0 cm³/mol. The molecule has 0 aliphatic rings. The van der Waals surface area contributed by atoms with Crippen molar-refractivity contribution in [3.05, 3.63) is 34.4 Å². The molecule has 0 unspecified atom stereocenters. The predicted octanol–water partition coefficient (Wildman–Crippen LogP) is 1.99. The van der Waals surface area contributed by atoms with Gasteiger partial charge in [-0.15, -0.1) is 0 Å². The molecule has 2 rings (SSSR count). The van der Waals surface area contributed by atoms with Crippen LogP contribution in [0.1, 0.15) is 21.9 Å². The van der Waals surface area contributed by atoms with Crippen LogP contribution in [0.2, 0.25) is 5.15 Å². The van der Waals surface area contributed by atoms with Crippen molar-refractivity contribution >= 4 is 23.5 Å². The van der Waals surface area contributed by atoms with Crippen LogP contribution in [-0.2, 0) is 0 Å². The summed E-state index contributed by atoms with van der Waals surface area (Å²) in [5.41, 5.74) is 1.28. The van der Waals surface area contributed by atoms with Crippen molar-refractivity contribution in [3.8, 4) is 0 Å². The normalized spacial score (nSPS) is 10.3. The molecule has 0 atom stereocenters. The fourth-order valence-corrected chi connectivity index (χ4v) is 1.46. The molecule has 2 heterocycles. The summed E-state index contributed by atoms with van der Waals surface area (Å²) in [5.74, 6) is -0.231. The van der Waals surface area contributed by atoms with Crippen molar-refractivity contribution in [1.29, 1.82) is 0 Å². The summed E-state index contributed by atoms with van der Waals surface area (Å²) in [6.45, 7) is 3.47. The number of halogens is 1. The molecule has 0 aliphatic heterocycles. The van der Waals surface area contributed by atoms with Gasteiger partial charge in [-0.1, -0.05) is 16.8 Å². The van der Waals surface area contributed by atoms with E-state index in [1.165, 1.54) is 6.07 Å². The maximum Gasteiger partial charge on any atom is 0.296 e. The summed E-state index contributed by atoms with van der Waals surface area (Å²) in [6, 6.07) is 3.11. The van der Waals surface area contributed by atoms with Gasteiger partial charge < -0.3 is 4.52 Å². The minimum Gasteiger partial charge on any atom is -0.351 e. The first-order valence-corrected chi connectivity index (χ1v) is 5.18. The Hall–Kier alpha value is -1.95. The molecular formula is C10H9ClN4O2. The van der Waals surface area contributed by atoms with Crippen LogP contribution in [0.25, 0.3) is 0 Å². The van der Waals surface area contributed by atoms with E-state index in [2.05, 4.69) is 20.4 Å². The molecule has 0 bridgehead atoms. The van der Waals surface area contributed by atoms with Gasteiger partial charge in [0, 0.05) is 11.8 Å². The summed E-state index contributed by atoms with van der Waals surface area (Å²) in [5, 5.41) is 6.35. The Balaban J connectivity index is 2.18. The van der Waals surface area contributed by atoms with E-state index in [0.29, 0.717) is 11.4 Å². The summed E-state index contributed by atoms with van der Waals surface area (Å²) in [4.78, 5) is 19.6. The van der Waals surface area contributed by atoms with E-state index in [9.17, 15) is 4.79 Å². The largest absolute Gasteiger partial charge is 0.351 e. The fourth-order valence-electron chi connectivity index (χ4n) is 1.22. The lowest BCUT2D eigenvalue weighted by Crippen LogP contribution is -2.13. The fraction of sp³-hybridized carbons (Fsp3) is 0.200. The van der Waals surface area contributed by atoms with Gasteiger partial charge >= 0.3 is 0 Å². The molecule has 88 valence electrons. The maximum absolute atomic E-state index is 11.7. The number of hydrogen-bond donors (Lipinski definition) is 1. The molecule has 1 amide bonds. The van der Waals surface area contributed by atoms with Crippen LogP contribution in [0, 0.1) is 13.8 Å². The molecule has 17 heavy (non-hydrogen) atoms. The van der Waals surface area contributed by atoms with Crippen LogP contribution in [0.5, 0.6) is 0 Å². The maximum atomic E-state index is 11.7. The van der Waals surface area contributed by atoms with E-state index < -0.39 is 5.91 Å². The van der Waals surface area contributed by atoms with Gasteiger partial charge in [0.2, 0.25) is 11.7 Å². The van der Waals surface area contributed by atoms with Crippen molar-refractivity contribution in [1.82, 2.24) is 15.1 Å². The first-order chi connectivity index (χ1) is 8.04. The molecule has 1 N–H and O–H groups in total. The standard InChI is InChI=1S/C10H9ClN4O2/c1-5-4-8(11)13-10(12-5)14-9(16)7-3-6(2)15-17-7/h3-4H,1-2H3,(H,12,13,14,16). The first kappa shape index (κ1) is 11.5. The topological polar surface area (TPSA) is 80.9 Å². The van der Waals surface area contributed by atoms with E-state index in [-0.39, 0.29) is 16.9 Å². The Morgan fingerprint density at radius 2 is 2.06 bits per heavy atom. The highest BCUT2D eigenvalue weighted by Gasteiger charge is 2.13. The molecule has 0 saturated carbocycles. The third-order valence-corrected chi connectivity index (χ3v) is 2.09. The number of amides is 1. The third kappa shape index (κ3) is 2.79. The highest BCUT2D eigenvalue weighted by Crippen LogP contribution is 2.11. The van der Waals surface area contributed by atoms with E-state index in [4.69, 9.17) is 16.1 Å². The number of nitrogens with one attached hydrogen (secondary N) is 1. The van der Waals surface area contributed by atoms with Crippen LogP contribution in [0.4, 0.5) is 5.95 Å². The molecule has 0 aromatic carbocycles. The number of nitrogens with zero attached hydrogens (tertiary/aromatic N) is 3. The van der Waals surface area contributed by atoms with Crippen LogP contribution in [-0.4, -0.2) is 21.0 Å². The average molecular weight is 253 g/mol. The van der Waals surface area contributed by atoms with Crippen LogP contribution in [0.15, 0.2) is 16.7 Å². The average Bonchev–Trinajstić information content (AvgIpc) is 2.63. The first-order valence-electron chi connectivity index (χ1n) is 4.80. The highest BCUT2D eigenvalue weighted by molar-refractivity contribution is 6.29. The SMILES string of the molecule is Cc1cc(C(=O)Nc2nc(C)cc(Cl)n2)on1. The van der Waals surface area contributed by atoms with Gasteiger partial charge in [0.1, 0.15) is 5.15 Å². The molecule has 2 aromatic rings. The molecule has 7 heteroatoms. The third-order valence-electron chi connectivity index (χ3n) is 1.90. The zero-order valence-corrected chi connectivity index (χ0v) is 9.95. The summed E-state index contributed by atoms with van der Waals surface area (Å²) < 4.78 is 4.81. The number of carbonyl (C=O) groups is 1. The van der Waals surface area contributed by atoms with Gasteiger partial charge in [-0.2, -0.15) is 0 Å². The highest BCUT2D eigenvalue weighted by atomic mass is 35.5. The van der Waals surface area contributed by atoms with Crippen LogP contribution < -0.4 is 5.32 Å². The Bertz CT molecular complexity index is 547. The number of aromatic nitrogens is 3. The summed E-state index contributed by atoms with van der Waals surface area (Å²) >= 11 is 5.75. The van der Waals surface area contributed by atoms with Crippen molar-refractivity contribution in [2.45, 2.75) is 13.8 Å². The molecule has 0 saturated heterocycles. The molecule has 0 fully saturated rings. The number of carbonyl (C=O) groups excluding carboxylic acids is 1. The summed E-state index contributed by atoms with van der Waals surface area (Å²) in [7, 11) is 0. The van der Waals surface area contributed by atoms with E-state index in [1.807, 2.05) is 0 Å². The van der Waals surface area contributed by atoms with Gasteiger partial charge in [0.05, 0.1) is 5.69 Å². The van der Waals surface area contributed by atoms with Crippen LogP contribution in [0.3, 0.4) is 0 Å². The second kappa shape index (κ2) is 4.50. The Kier molecular flexibility index (Phi) is 3.06. The molecule has 0 spiro atoms. The van der Waals surface area contributed by atoms with Gasteiger partial charge in [0.15, 0.2) is 0 Å². The monoisotopic (exact) mass is 252 g/mol. The Morgan fingerprint density at radius 1 is 1.29 bits per heavy atom. The van der Waals surface area contributed by atoms with E-state index in [0.717, 1.165) is 0 Å². The van der Waals surface area contributed by atoms with Gasteiger partial charge in [-0.3, -0.25) is 10.1 Å². The number of hydrogen-bond acceptors (Lipinski definition) is 5. The van der Waals surface area contributed by atoms with Crippen LogP contribution >= 0.6 is 11.6 Å². The van der Waals surface area contributed by atoms with Gasteiger partial charge in [-0.05, 0) is 19.9 Å². The van der Waals surface area contributed by atoms with Crippen molar-refractivity contribution in [3.63, 3.8) is 0 Å². The quantitative estimate of drug-likeness (QED) is 0.827. The van der Waals surface area contributed by atoms with E-state index >= 15 is 0 Å². The molecule has 2 aromatic heterocycles. The lowest BCUT2D eigenvalue weighted by Gasteiger charge is -2.02. The minimum absolute atomic E-state index is 0.101. The second-order valence-electron chi connectivity index (χ2n) is 3.44.